The number of hydrogen-bond donors (Lipinski definition) is 0. The number of para-hydroxylation sites is 1. The monoisotopic (exact) mass is 321 g/mol. The largest absolute Gasteiger partial charge is 0.337 e. The van der Waals surface area contributed by atoms with Crippen molar-refractivity contribution in [1.29, 1.82) is 0 Å². The SMILES string of the molecule is Cn1ccnc1CN1CCN(Cc2cccc3cccnc23)CC1. The van der Waals surface area contributed by atoms with Crippen LogP contribution in [0.15, 0.2) is 48.9 Å². The van der Waals surface area contributed by atoms with E-state index in [1.54, 1.807) is 0 Å². The number of imidazole rings is 1. The standard InChI is InChI=1S/C19H23N5/c1-22-9-8-20-18(22)15-24-12-10-23(11-13-24)14-17-5-2-4-16-6-3-7-21-19(16)17/h2-9H,10-15H2,1H3. The van der Waals surface area contributed by atoms with E-state index in [-0.39, 0.29) is 0 Å². The highest BCUT2D eigenvalue weighted by molar-refractivity contribution is 5.81. The van der Waals surface area contributed by atoms with E-state index >= 15 is 0 Å². The number of rotatable bonds is 4. The highest BCUT2D eigenvalue weighted by Crippen LogP contribution is 2.18. The summed E-state index contributed by atoms with van der Waals surface area (Å²) in [4.78, 5) is 14.0. The number of nitrogens with zero attached hydrogens (tertiary/aromatic N) is 5. The maximum Gasteiger partial charge on any atom is 0.122 e. The van der Waals surface area contributed by atoms with Crippen LogP contribution in [-0.4, -0.2) is 50.5 Å². The first-order valence-corrected chi connectivity index (χ1v) is 8.53. The van der Waals surface area contributed by atoms with Crippen LogP contribution in [0.5, 0.6) is 0 Å². The lowest BCUT2D eigenvalue weighted by molar-refractivity contribution is 0.119. The Balaban J connectivity index is 1.38. The minimum Gasteiger partial charge on any atom is -0.337 e. The number of hydrogen-bond acceptors (Lipinski definition) is 4. The van der Waals surface area contributed by atoms with Gasteiger partial charge in [-0.05, 0) is 11.6 Å². The van der Waals surface area contributed by atoms with Gasteiger partial charge < -0.3 is 4.57 Å². The Morgan fingerprint density at radius 1 is 0.875 bits per heavy atom. The Morgan fingerprint density at radius 2 is 1.62 bits per heavy atom. The Bertz CT molecular complexity index is 812. The summed E-state index contributed by atoms with van der Waals surface area (Å²) >= 11 is 0. The molecule has 3 aromatic rings. The van der Waals surface area contributed by atoms with Gasteiger partial charge in [-0.3, -0.25) is 14.8 Å². The van der Waals surface area contributed by atoms with Crippen molar-refractivity contribution in [2.24, 2.45) is 7.05 Å². The molecule has 0 N–H and O–H groups in total. The summed E-state index contributed by atoms with van der Waals surface area (Å²) in [5.41, 5.74) is 2.46. The van der Waals surface area contributed by atoms with Crippen molar-refractivity contribution < 1.29 is 0 Å². The first-order valence-electron chi connectivity index (χ1n) is 8.53. The molecule has 5 nitrogen and oxygen atoms in total. The minimum atomic E-state index is 0.938. The van der Waals surface area contributed by atoms with Crippen LogP contribution in [0.2, 0.25) is 0 Å². The maximum atomic E-state index is 4.57. The van der Waals surface area contributed by atoms with Gasteiger partial charge in [0.05, 0.1) is 12.1 Å². The second-order valence-electron chi connectivity index (χ2n) is 6.50. The lowest BCUT2D eigenvalue weighted by atomic mass is 10.1. The van der Waals surface area contributed by atoms with Gasteiger partial charge in [-0.2, -0.15) is 0 Å². The Labute approximate surface area is 142 Å². The van der Waals surface area contributed by atoms with Gasteiger partial charge in [0.2, 0.25) is 0 Å². The molecule has 2 aromatic heterocycles. The molecule has 5 heteroatoms. The molecule has 0 atom stereocenters. The fourth-order valence-corrected chi connectivity index (χ4v) is 3.39. The van der Waals surface area contributed by atoms with Gasteiger partial charge in [0.25, 0.3) is 0 Å². The Morgan fingerprint density at radius 3 is 2.38 bits per heavy atom. The van der Waals surface area contributed by atoms with Gasteiger partial charge in [-0.1, -0.05) is 24.3 Å². The third-order valence-corrected chi connectivity index (χ3v) is 4.86. The minimum absolute atomic E-state index is 0.938. The zero-order valence-corrected chi connectivity index (χ0v) is 14.1. The predicted octanol–water partition coefficient (Wildman–Crippen LogP) is 2.29. The summed E-state index contributed by atoms with van der Waals surface area (Å²) in [6, 6.07) is 10.6. The molecule has 0 unspecified atom stereocenters. The molecule has 124 valence electrons. The van der Waals surface area contributed by atoms with E-state index in [9.17, 15) is 0 Å². The lowest BCUT2D eigenvalue weighted by Crippen LogP contribution is -2.45. The molecule has 0 saturated carbocycles. The van der Waals surface area contributed by atoms with Gasteiger partial charge in [-0.25, -0.2) is 4.98 Å². The average molecular weight is 321 g/mol. The third kappa shape index (κ3) is 3.18. The molecule has 1 aliphatic heterocycles. The van der Waals surface area contributed by atoms with Crippen molar-refractivity contribution in [1.82, 2.24) is 24.3 Å². The summed E-state index contributed by atoms with van der Waals surface area (Å²) < 4.78 is 2.11. The summed E-state index contributed by atoms with van der Waals surface area (Å²) in [7, 11) is 2.06. The fourth-order valence-electron chi connectivity index (χ4n) is 3.39. The Hall–Kier alpha value is -2.24. The van der Waals surface area contributed by atoms with Gasteiger partial charge >= 0.3 is 0 Å². The molecule has 3 heterocycles. The highest BCUT2D eigenvalue weighted by Gasteiger charge is 2.19. The molecule has 1 aliphatic rings. The number of aromatic nitrogens is 3. The summed E-state index contributed by atoms with van der Waals surface area (Å²) in [6.45, 7) is 6.27. The van der Waals surface area contributed by atoms with Crippen molar-refractivity contribution in [3.05, 3.63) is 60.3 Å². The van der Waals surface area contributed by atoms with Crippen molar-refractivity contribution in [2.75, 3.05) is 26.2 Å². The maximum absolute atomic E-state index is 4.57. The molecule has 0 amide bonds. The van der Waals surface area contributed by atoms with Gasteiger partial charge in [0, 0.05) is 63.7 Å². The zero-order valence-electron chi connectivity index (χ0n) is 14.1. The smallest absolute Gasteiger partial charge is 0.122 e. The van der Waals surface area contributed by atoms with E-state index in [0.717, 1.165) is 50.6 Å². The van der Waals surface area contributed by atoms with Gasteiger partial charge in [0.15, 0.2) is 0 Å². The number of fused-ring (bicyclic) bond motifs is 1. The first-order chi connectivity index (χ1) is 11.8. The van der Waals surface area contributed by atoms with E-state index in [2.05, 4.69) is 55.6 Å². The van der Waals surface area contributed by atoms with E-state index in [1.165, 1.54) is 10.9 Å². The molecule has 1 saturated heterocycles. The number of benzene rings is 1. The molecule has 4 rings (SSSR count). The first kappa shape index (κ1) is 15.3. The number of piperazine rings is 1. The van der Waals surface area contributed by atoms with Crippen LogP contribution >= 0.6 is 0 Å². The fraction of sp³-hybridized carbons (Fsp3) is 0.368. The molecule has 0 spiro atoms. The van der Waals surface area contributed by atoms with Crippen LogP contribution in [-0.2, 0) is 20.1 Å². The van der Waals surface area contributed by atoms with Crippen LogP contribution in [0, 0.1) is 0 Å². The highest BCUT2D eigenvalue weighted by atomic mass is 15.3. The lowest BCUT2D eigenvalue weighted by Gasteiger charge is -2.34. The van der Waals surface area contributed by atoms with Gasteiger partial charge in [-0.15, -0.1) is 0 Å². The van der Waals surface area contributed by atoms with Crippen LogP contribution in [0.3, 0.4) is 0 Å². The topological polar surface area (TPSA) is 37.2 Å². The summed E-state index contributed by atoms with van der Waals surface area (Å²) in [5.74, 6) is 1.14. The second-order valence-corrected chi connectivity index (χ2v) is 6.50. The van der Waals surface area contributed by atoms with Crippen molar-refractivity contribution in [2.45, 2.75) is 13.1 Å². The van der Waals surface area contributed by atoms with E-state index in [1.807, 2.05) is 24.7 Å². The van der Waals surface area contributed by atoms with Crippen LogP contribution in [0.1, 0.15) is 11.4 Å². The van der Waals surface area contributed by atoms with Crippen molar-refractivity contribution in [3.63, 3.8) is 0 Å². The van der Waals surface area contributed by atoms with E-state index < -0.39 is 0 Å². The van der Waals surface area contributed by atoms with Gasteiger partial charge in [0.1, 0.15) is 5.82 Å². The van der Waals surface area contributed by atoms with E-state index in [4.69, 9.17) is 0 Å². The average Bonchev–Trinajstić information content (AvgIpc) is 3.02. The zero-order chi connectivity index (χ0) is 16.4. The molecule has 1 fully saturated rings. The number of aryl methyl sites for hydroxylation is 1. The molecular formula is C19H23N5. The molecule has 0 radical (unpaired) electrons. The molecule has 0 bridgehead atoms. The molecular weight excluding hydrogens is 298 g/mol. The molecule has 1 aromatic carbocycles. The Kier molecular flexibility index (Phi) is 4.28. The molecule has 24 heavy (non-hydrogen) atoms. The normalized spacial score (nSPS) is 16.7. The van der Waals surface area contributed by atoms with Crippen LogP contribution in [0.4, 0.5) is 0 Å². The predicted molar refractivity (Wildman–Crippen MR) is 95.5 cm³/mol. The van der Waals surface area contributed by atoms with E-state index in [0.29, 0.717) is 0 Å². The quantitative estimate of drug-likeness (QED) is 0.739. The van der Waals surface area contributed by atoms with Crippen LogP contribution < -0.4 is 0 Å². The molecule has 0 aliphatic carbocycles. The van der Waals surface area contributed by atoms with Crippen LogP contribution in [0.25, 0.3) is 10.9 Å². The summed E-state index contributed by atoms with van der Waals surface area (Å²) in [6.07, 6.45) is 5.77. The van der Waals surface area contributed by atoms with Crippen molar-refractivity contribution >= 4 is 10.9 Å². The number of pyridine rings is 1. The van der Waals surface area contributed by atoms with Crippen molar-refractivity contribution in [3.8, 4) is 0 Å². The third-order valence-electron chi connectivity index (χ3n) is 4.86. The second kappa shape index (κ2) is 6.71. The summed E-state index contributed by atoms with van der Waals surface area (Å²) in [5, 5.41) is 1.23.